The summed E-state index contributed by atoms with van der Waals surface area (Å²) in [5.41, 5.74) is 20.0. The fraction of sp³-hybridized carbons (Fsp3) is 0.220. The Hall–Kier alpha value is -6.18. The van der Waals surface area contributed by atoms with E-state index in [1.807, 2.05) is 36.4 Å². The Balaban J connectivity index is 0.000000135. The average molecular weight is 787 g/mol. The summed E-state index contributed by atoms with van der Waals surface area (Å²) < 4.78 is 5.79. The molecule has 304 valence electrons. The third kappa shape index (κ3) is 9.98. The molecule has 9 aromatic rings. The first-order valence-corrected chi connectivity index (χ1v) is 21.4. The molecule has 0 aliphatic heterocycles. The summed E-state index contributed by atoms with van der Waals surface area (Å²) in [5, 5.41) is 5.27. The molecule has 0 N–H and O–H groups in total. The first kappa shape index (κ1) is 43.4. The minimum atomic E-state index is 0.0888. The molecule has 8 aromatic carbocycles. The second kappa shape index (κ2) is 19.3. The molecule has 1 heteroatoms. The first-order chi connectivity index (χ1) is 28.8. The molecule has 0 radical (unpaired) electrons. The van der Waals surface area contributed by atoms with Crippen LogP contribution < -0.4 is 0 Å². The van der Waals surface area contributed by atoms with Gasteiger partial charge < -0.3 is 4.42 Å². The third-order valence-corrected chi connectivity index (χ3v) is 11.7. The van der Waals surface area contributed by atoms with Gasteiger partial charge in [-0.05, 0) is 129 Å². The average Bonchev–Trinajstić information content (AvgIpc) is 3.72. The minimum absolute atomic E-state index is 0.0888. The smallest absolute Gasteiger partial charge is 0.135 e. The van der Waals surface area contributed by atoms with Gasteiger partial charge in [0, 0.05) is 16.2 Å². The zero-order chi connectivity index (χ0) is 43.0. The summed E-state index contributed by atoms with van der Waals surface area (Å²) >= 11 is 0. The lowest BCUT2D eigenvalue weighted by Crippen LogP contribution is -2.15. The second-order valence-electron chi connectivity index (χ2n) is 17.0. The first-order valence-electron chi connectivity index (χ1n) is 21.4. The molecule has 0 atom stereocenters. The fourth-order valence-corrected chi connectivity index (χ4v) is 8.25. The highest BCUT2D eigenvalue weighted by Gasteiger charge is 2.36. The topological polar surface area (TPSA) is 13.1 Å². The van der Waals surface area contributed by atoms with E-state index in [4.69, 9.17) is 4.42 Å². The highest BCUT2D eigenvalue weighted by atomic mass is 16.3. The Labute approximate surface area is 359 Å². The fourth-order valence-electron chi connectivity index (χ4n) is 8.25. The second-order valence-corrected chi connectivity index (χ2v) is 17.0. The largest absolute Gasteiger partial charge is 0.456 e. The summed E-state index contributed by atoms with van der Waals surface area (Å²) in [6.07, 6.45) is 1.04. The minimum Gasteiger partial charge on any atom is -0.456 e. The van der Waals surface area contributed by atoms with Crippen LogP contribution in [0.1, 0.15) is 82.0 Å². The molecule has 1 aliphatic carbocycles. The number of aryl methyl sites for hydroxylation is 9. The number of fused-ring (bicyclic) bond motifs is 8. The standard InChI is InChI=1S/C21H20.C14H12O.C9H12.C8H10.C7H8/c1-13-9-10-17-18(11-13)21(3,4)19-12-14(2)15-7-5-6-8-16(15)20(17)19;1-2-10-6-5-9-13-14(10)11-7-3-4-8-12(11)15-13;1-7-4-5-8(2)9(3)6-7;1-7-4-3-5-8(2)6-7;1-7-5-3-2-4-6-7/h5-12H,1-4H3;3-9H,2H2,1H3;4-6H,1-3H3;3-6H,1-2H3;2-6H,1H3. The molecule has 60 heavy (non-hydrogen) atoms. The molecule has 0 saturated carbocycles. The van der Waals surface area contributed by atoms with Crippen LogP contribution in [-0.2, 0) is 11.8 Å². The van der Waals surface area contributed by atoms with Crippen molar-refractivity contribution in [3.8, 4) is 11.1 Å². The highest BCUT2D eigenvalue weighted by molar-refractivity contribution is 6.06. The lowest BCUT2D eigenvalue weighted by Gasteiger charge is -2.22. The zero-order valence-corrected chi connectivity index (χ0v) is 37.7. The van der Waals surface area contributed by atoms with Crippen molar-refractivity contribution in [1.82, 2.24) is 0 Å². The van der Waals surface area contributed by atoms with Gasteiger partial charge in [-0.15, -0.1) is 0 Å². The van der Waals surface area contributed by atoms with Crippen LogP contribution >= 0.6 is 0 Å². The predicted molar refractivity (Wildman–Crippen MR) is 262 cm³/mol. The Morgan fingerprint density at radius 3 is 1.55 bits per heavy atom. The quantitative estimate of drug-likeness (QED) is 0.162. The zero-order valence-electron chi connectivity index (χ0n) is 37.7. The molecule has 10 rings (SSSR count). The van der Waals surface area contributed by atoms with Gasteiger partial charge in [0.2, 0.25) is 0 Å². The van der Waals surface area contributed by atoms with E-state index < -0.39 is 0 Å². The van der Waals surface area contributed by atoms with Crippen molar-refractivity contribution in [2.24, 2.45) is 0 Å². The van der Waals surface area contributed by atoms with Crippen molar-refractivity contribution in [3.63, 3.8) is 0 Å². The van der Waals surface area contributed by atoms with Gasteiger partial charge in [0.15, 0.2) is 0 Å². The summed E-state index contributed by atoms with van der Waals surface area (Å²) in [6.45, 7) is 24.0. The van der Waals surface area contributed by atoms with Crippen molar-refractivity contribution >= 4 is 32.7 Å². The summed E-state index contributed by atoms with van der Waals surface area (Å²) in [6, 6.07) is 57.8. The van der Waals surface area contributed by atoms with E-state index in [1.165, 1.54) is 93.9 Å². The van der Waals surface area contributed by atoms with E-state index in [1.54, 1.807) is 0 Å². The van der Waals surface area contributed by atoms with Gasteiger partial charge in [-0.1, -0.05) is 200 Å². The number of hydrogen-bond donors (Lipinski definition) is 0. The molecule has 1 aromatic heterocycles. The highest BCUT2D eigenvalue weighted by Crippen LogP contribution is 2.52. The van der Waals surface area contributed by atoms with Crippen LogP contribution in [0.25, 0.3) is 43.8 Å². The Kier molecular flexibility index (Phi) is 13.9. The van der Waals surface area contributed by atoms with Crippen molar-refractivity contribution in [1.29, 1.82) is 0 Å². The van der Waals surface area contributed by atoms with Crippen molar-refractivity contribution in [2.75, 3.05) is 0 Å². The monoisotopic (exact) mass is 786 g/mol. The maximum atomic E-state index is 5.79. The maximum Gasteiger partial charge on any atom is 0.135 e. The van der Waals surface area contributed by atoms with Crippen LogP contribution in [-0.4, -0.2) is 0 Å². The van der Waals surface area contributed by atoms with Crippen LogP contribution in [0.15, 0.2) is 168 Å². The van der Waals surface area contributed by atoms with Crippen molar-refractivity contribution in [2.45, 2.75) is 88.0 Å². The summed E-state index contributed by atoms with van der Waals surface area (Å²) in [7, 11) is 0. The van der Waals surface area contributed by atoms with E-state index in [2.05, 4.69) is 204 Å². The van der Waals surface area contributed by atoms with Gasteiger partial charge >= 0.3 is 0 Å². The molecule has 0 unspecified atom stereocenters. The van der Waals surface area contributed by atoms with Gasteiger partial charge in [-0.3, -0.25) is 0 Å². The van der Waals surface area contributed by atoms with E-state index in [0.717, 1.165) is 17.6 Å². The normalized spacial score (nSPS) is 11.8. The lowest BCUT2D eigenvalue weighted by atomic mass is 9.81. The SMILES string of the molecule is CCc1cccc2oc3ccccc3c12.Cc1ccc(C)c(C)c1.Cc1ccc2c(c1)C(C)(C)c1cc(C)c3ccccc3c1-2.Cc1cccc(C)c1.Cc1ccccc1. The van der Waals surface area contributed by atoms with E-state index >= 15 is 0 Å². The molecule has 0 saturated heterocycles. The van der Waals surface area contributed by atoms with Crippen LogP contribution in [0.3, 0.4) is 0 Å². The Morgan fingerprint density at radius 1 is 0.400 bits per heavy atom. The Morgan fingerprint density at radius 2 is 0.950 bits per heavy atom. The Bertz CT molecular complexity index is 2830. The lowest BCUT2D eigenvalue weighted by molar-refractivity contribution is 0.659. The van der Waals surface area contributed by atoms with Gasteiger partial charge in [0.1, 0.15) is 11.2 Å². The molecule has 1 aliphatic rings. The summed E-state index contributed by atoms with van der Waals surface area (Å²) in [5.74, 6) is 0. The van der Waals surface area contributed by atoms with E-state index in [-0.39, 0.29) is 5.41 Å². The predicted octanol–water partition coefficient (Wildman–Crippen LogP) is 16.8. The molecule has 1 heterocycles. The van der Waals surface area contributed by atoms with Crippen LogP contribution in [0, 0.1) is 55.4 Å². The van der Waals surface area contributed by atoms with Crippen LogP contribution in [0.2, 0.25) is 0 Å². The number of hydrogen-bond acceptors (Lipinski definition) is 1. The molecule has 0 spiro atoms. The van der Waals surface area contributed by atoms with Gasteiger partial charge in [-0.2, -0.15) is 0 Å². The molecule has 0 amide bonds. The number of benzene rings is 8. The molecule has 1 nitrogen and oxygen atoms in total. The van der Waals surface area contributed by atoms with Crippen LogP contribution in [0.5, 0.6) is 0 Å². The molecular formula is C59H62O. The van der Waals surface area contributed by atoms with Gasteiger partial charge in [-0.25, -0.2) is 0 Å². The number of para-hydroxylation sites is 1. The molecule has 0 fully saturated rings. The molecule has 0 bridgehead atoms. The third-order valence-electron chi connectivity index (χ3n) is 11.7. The number of furan rings is 1. The number of rotatable bonds is 1. The maximum absolute atomic E-state index is 5.79. The van der Waals surface area contributed by atoms with Crippen molar-refractivity contribution < 1.29 is 4.42 Å². The van der Waals surface area contributed by atoms with E-state index in [0.29, 0.717) is 0 Å². The van der Waals surface area contributed by atoms with Gasteiger partial charge in [0.25, 0.3) is 0 Å². The van der Waals surface area contributed by atoms with E-state index in [9.17, 15) is 0 Å². The van der Waals surface area contributed by atoms with Crippen molar-refractivity contribution in [3.05, 3.63) is 225 Å². The van der Waals surface area contributed by atoms with Gasteiger partial charge in [0.05, 0.1) is 0 Å². The van der Waals surface area contributed by atoms with Crippen LogP contribution in [0.4, 0.5) is 0 Å². The summed E-state index contributed by atoms with van der Waals surface area (Å²) in [4.78, 5) is 0. The molecular weight excluding hydrogens is 725 g/mol.